The number of allylic oxidation sites excluding steroid dienone is 2. The van der Waals surface area contributed by atoms with Crippen LogP contribution in [0.1, 0.15) is 46.5 Å². The molecule has 0 fully saturated rings. The van der Waals surface area contributed by atoms with Gasteiger partial charge >= 0.3 is 5.97 Å². The number of esters is 1. The van der Waals surface area contributed by atoms with Crippen LogP contribution in [0.3, 0.4) is 0 Å². The summed E-state index contributed by atoms with van der Waals surface area (Å²) in [6, 6.07) is 1.08. The van der Waals surface area contributed by atoms with Gasteiger partial charge in [-0.2, -0.15) is 0 Å². The van der Waals surface area contributed by atoms with Crippen LogP contribution in [-0.2, 0) is 24.2 Å². The molecule has 5 heteroatoms. The molecule has 0 saturated heterocycles. The van der Waals surface area contributed by atoms with E-state index in [1.54, 1.807) is 0 Å². The third-order valence-corrected chi connectivity index (χ3v) is 7.62. The number of carbonyl (C=O) groups excluding carboxylic acids is 1. The van der Waals surface area contributed by atoms with Gasteiger partial charge in [0.1, 0.15) is 17.9 Å². The smallest absolute Gasteiger partial charge is 0.342 e. The predicted octanol–water partition coefficient (Wildman–Crippen LogP) is 5.04. The Morgan fingerprint density at radius 2 is 2.00 bits per heavy atom. The molecule has 1 aromatic carbocycles. The molecule has 0 bridgehead atoms. The van der Waals surface area contributed by atoms with Gasteiger partial charge in [-0.05, 0) is 58.7 Å². The number of cyclic esters (lactones) is 1. The van der Waals surface area contributed by atoms with Crippen LogP contribution in [0.5, 0.6) is 5.75 Å². The number of ether oxygens (including phenoxy) is 2. The normalized spacial score (nSPS) is 14.5. The highest BCUT2D eigenvalue weighted by Crippen LogP contribution is 2.39. The Kier molecular flexibility index (Phi) is 7.10. The summed E-state index contributed by atoms with van der Waals surface area (Å²) in [6.45, 7) is 14.5. The molecule has 0 radical (unpaired) electrons. The van der Waals surface area contributed by atoms with Crippen molar-refractivity contribution in [3.63, 3.8) is 0 Å². The highest BCUT2D eigenvalue weighted by atomic mass is 31.0. The van der Waals surface area contributed by atoms with Crippen LogP contribution in [0.25, 0.3) is 0 Å². The monoisotopic (exact) mass is 393 g/mol. The van der Waals surface area contributed by atoms with Crippen molar-refractivity contribution in [1.29, 1.82) is 0 Å². The second kappa shape index (κ2) is 8.71. The van der Waals surface area contributed by atoms with Crippen molar-refractivity contribution in [3.8, 4) is 5.75 Å². The van der Waals surface area contributed by atoms with E-state index in [-0.39, 0.29) is 5.97 Å². The van der Waals surface area contributed by atoms with Gasteiger partial charge in [-0.1, -0.05) is 32.6 Å². The van der Waals surface area contributed by atoms with Gasteiger partial charge in [-0.15, -0.1) is 0 Å². The van der Waals surface area contributed by atoms with E-state index in [2.05, 4.69) is 46.5 Å². The predicted molar refractivity (Wildman–Crippen MR) is 117 cm³/mol. The molecule has 0 amide bonds. The van der Waals surface area contributed by atoms with Gasteiger partial charge in [0.05, 0.1) is 12.8 Å². The van der Waals surface area contributed by atoms with E-state index in [9.17, 15) is 4.79 Å². The summed E-state index contributed by atoms with van der Waals surface area (Å²) < 4.78 is 11.7. The Morgan fingerprint density at radius 3 is 2.58 bits per heavy atom. The van der Waals surface area contributed by atoms with Crippen LogP contribution in [0.15, 0.2) is 11.6 Å². The molecular weight excluding hydrogens is 359 g/mol. The van der Waals surface area contributed by atoms with Gasteiger partial charge < -0.3 is 9.47 Å². The molecule has 0 N–H and O–H groups in total. The van der Waals surface area contributed by atoms with Crippen molar-refractivity contribution in [2.24, 2.45) is 0 Å². The molecule has 144 valence electrons. The summed E-state index contributed by atoms with van der Waals surface area (Å²) in [5.74, 6) is 0.554. The zero-order valence-corrected chi connectivity index (χ0v) is 19.7. The van der Waals surface area contributed by atoms with Gasteiger partial charge in [0.2, 0.25) is 0 Å². The van der Waals surface area contributed by atoms with Crippen molar-refractivity contribution >= 4 is 23.3 Å². The maximum atomic E-state index is 12.4. The lowest BCUT2D eigenvalue weighted by Gasteiger charge is -2.22. The number of carbonyl (C=O) groups is 1. The van der Waals surface area contributed by atoms with E-state index < -0.39 is 8.07 Å². The lowest BCUT2D eigenvalue weighted by Crippen LogP contribution is -2.23. The summed E-state index contributed by atoms with van der Waals surface area (Å²) in [4.78, 5) is 12.4. The first-order valence-corrected chi connectivity index (χ1v) is 14.3. The number of hydrogen-bond acceptors (Lipinski definition) is 3. The summed E-state index contributed by atoms with van der Waals surface area (Å²) >= 11 is 0. The first kappa shape index (κ1) is 21.2. The average molecular weight is 394 g/mol. The van der Waals surface area contributed by atoms with E-state index in [4.69, 9.17) is 9.47 Å². The third kappa shape index (κ3) is 4.78. The molecule has 1 atom stereocenters. The Morgan fingerprint density at radius 1 is 1.31 bits per heavy atom. The first-order valence-electron chi connectivity index (χ1n) is 9.61. The molecule has 1 aromatic rings. The zero-order valence-electron chi connectivity index (χ0n) is 17.3. The number of rotatable bonds is 8. The lowest BCUT2D eigenvalue weighted by molar-refractivity contribution is 0.0532. The van der Waals surface area contributed by atoms with Crippen molar-refractivity contribution in [3.05, 3.63) is 39.5 Å². The SMILES string of the molecule is CCc1c(C)c2c(c(OCC[Si](C)(C)C)c1CC=C(C)C[PH3+])C(=O)OC2. The minimum absolute atomic E-state index is 0.229. The number of hydrogen-bond donors (Lipinski definition) is 0. The van der Waals surface area contributed by atoms with Crippen molar-refractivity contribution in [1.82, 2.24) is 0 Å². The van der Waals surface area contributed by atoms with Gasteiger partial charge in [-0.3, -0.25) is 0 Å². The van der Waals surface area contributed by atoms with E-state index in [1.165, 1.54) is 22.3 Å². The highest BCUT2D eigenvalue weighted by Gasteiger charge is 2.32. The summed E-state index contributed by atoms with van der Waals surface area (Å²) in [5.41, 5.74) is 6.76. The average Bonchev–Trinajstić information content (AvgIpc) is 2.96. The van der Waals surface area contributed by atoms with Crippen LogP contribution in [0.4, 0.5) is 0 Å². The van der Waals surface area contributed by atoms with Crippen LogP contribution >= 0.6 is 9.24 Å². The summed E-state index contributed by atoms with van der Waals surface area (Å²) in [7, 11) is 0.773. The quantitative estimate of drug-likeness (QED) is 0.269. The standard InChI is InChI=1S/C21H33O3PSi/c1-7-16-15(3)18-12-24-21(22)19(18)20(23-10-11-26(4,5)6)17(16)9-8-14(2)13-25/h8H,7,9-13,25H2,1-6H3/p+1. The molecule has 1 aliphatic rings. The van der Waals surface area contributed by atoms with Crippen molar-refractivity contribution in [2.45, 2.75) is 65.9 Å². The summed E-state index contributed by atoms with van der Waals surface area (Å²) in [6.07, 6.45) is 5.10. The Balaban J connectivity index is 2.53. The number of fused-ring (bicyclic) bond motifs is 1. The van der Waals surface area contributed by atoms with Crippen LogP contribution in [0, 0.1) is 6.92 Å². The molecule has 1 aliphatic heterocycles. The first-order chi connectivity index (χ1) is 12.2. The van der Waals surface area contributed by atoms with Crippen LogP contribution in [0.2, 0.25) is 25.7 Å². The molecule has 2 rings (SSSR count). The second-order valence-electron chi connectivity index (χ2n) is 8.36. The molecule has 1 unspecified atom stereocenters. The molecule has 26 heavy (non-hydrogen) atoms. The fourth-order valence-corrected chi connectivity index (χ4v) is 4.24. The van der Waals surface area contributed by atoms with E-state index in [0.717, 1.165) is 36.4 Å². The topological polar surface area (TPSA) is 35.5 Å². The molecule has 3 nitrogen and oxygen atoms in total. The Hall–Kier alpha value is -1.12. The van der Waals surface area contributed by atoms with Gasteiger partial charge in [0, 0.05) is 19.2 Å². The Labute approximate surface area is 161 Å². The molecule has 0 aromatic heterocycles. The van der Waals surface area contributed by atoms with E-state index in [0.29, 0.717) is 18.8 Å². The molecule has 0 spiro atoms. The fourth-order valence-electron chi connectivity index (χ4n) is 3.32. The van der Waals surface area contributed by atoms with Crippen LogP contribution in [-0.4, -0.2) is 26.8 Å². The fraction of sp³-hybridized carbons (Fsp3) is 0.571. The highest BCUT2D eigenvalue weighted by molar-refractivity contribution is 7.16. The largest absolute Gasteiger partial charge is 0.493 e. The van der Waals surface area contributed by atoms with Crippen LogP contribution < -0.4 is 4.74 Å². The van der Waals surface area contributed by atoms with Gasteiger partial charge in [0.25, 0.3) is 0 Å². The lowest BCUT2D eigenvalue weighted by atomic mass is 9.89. The molecular formula is C21H34O3PSi+. The van der Waals surface area contributed by atoms with Gasteiger partial charge in [-0.25, -0.2) is 4.79 Å². The van der Waals surface area contributed by atoms with E-state index in [1.807, 2.05) is 9.24 Å². The maximum Gasteiger partial charge on any atom is 0.342 e. The van der Waals surface area contributed by atoms with Gasteiger partial charge in [0.15, 0.2) is 0 Å². The third-order valence-electron chi connectivity index (χ3n) is 5.13. The molecule has 1 heterocycles. The maximum absolute atomic E-state index is 12.4. The minimum Gasteiger partial charge on any atom is -0.493 e. The molecule has 0 saturated carbocycles. The molecule has 0 aliphatic carbocycles. The number of benzene rings is 1. The Bertz CT molecular complexity index is 717. The van der Waals surface area contributed by atoms with Crippen molar-refractivity contribution < 1.29 is 14.3 Å². The van der Waals surface area contributed by atoms with E-state index >= 15 is 0 Å². The summed E-state index contributed by atoms with van der Waals surface area (Å²) in [5, 5.41) is 0. The second-order valence-corrected chi connectivity index (χ2v) is 14.5. The minimum atomic E-state index is -1.20. The zero-order chi connectivity index (χ0) is 19.5. The van der Waals surface area contributed by atoms with Crippen molar-refractivity contribution in [2.75, 3.05) is 12.8 Å².